The Bertz CT molecular complexity index is 885. The van der Waals surface area contributed by atoms with E-state index in [1.165, 1.54) is 37.3 Å². The molecule has 0 aliphatic carbocycles. The highest BCUT2D eigenvalue weighted by atomic mass is 35.5. The molecule has 3 amide bonds. The van der Waals surface area contributed by atoms with Crippen LogP contribution < -0.4 is 16.2 Å². The van der Waals surface area contributed by atoms with Crippen molar-refractivity contribution in [2.24, 2.45) is 0 Å². The topological polar surface area (TPSA) is 130 Å². The first-order valence-corrected chi connectivity index (χ1v) is 8.07. The first-order chi connectivity index (χ1) is 12.8. The molecule has 0 fully saturated rings. The van der Waals surface area contributed by atoms with E-state index < -0.39 is 28.7 Å². The Labute approximate surface area is 158 Å². The predicted molar refractivity (Wildman–Crippen MR) is 97.1 cm³/mol. The maximum absolute atomic E-state index is 12.1. The van der Waals surface area contributed by atoms with Crippen LogP contribution in [-0.2, 0) is 4.79 Å². The Hall–Kier alpha value is -3.46. The third-order valence-electron chi connectivity index (χ3n) is 3.50. The van der Waals surface area contributed by atoms with Gasteiger partial charge in [-0.15, -0.1) is 0 Å². The van der Waals surface area contributed by atoms with Crippen LogP contribution in [-0.4, -0.2) is 28.7 Å². The number of non-ortho nitro benzene ring substituents is 1. The van der Waals surface area contributed by atoms with Gasteiger partial charge in [-0.1, -0.05) is 23.7 Å². The van der Waals surface area contributed by atoms with Crippen LogP contribution in [0, 0.1) is 10.1 Å². The fourth-order valence-corrected chi connectivity index (χ4v) is 2.24. The van der Waals surface area contributed by atoms with Gasteiger partial charge in [0.1, 0.15) is 6.04 Å². The van der Waals surface area contributed by atoms with Gasteiger partial charge in [0.05, 0.1) is 15.5 Å². The van der Waals surface area contributed by atoms with E-state index in [-0.39, 0.29) is 21.8 Å². The molecule has 10 heteroatoms. The summed E-state index contributed by atoms with van der Waals surface area (Å²) < 4.78 is 0. The van der Waals surface area contributed by atoms with Gasteiger partial charge in [0.15, 0.2) is 0 Å². The third kappa shape index (κ3) is 5.25. The zero-order valence-corrected chi connectivity index (χ0v) is 14.8. The molecule has 3 N–H and O–H groups in total. The molecule has 0 aliphatic rings. The van der Waals surface area contributed by atoms with Crippen LogP contribution in [0.5, 0.6) is 0 Å². The number of nitrogens with zero attached hydrogens (tertiary/aromatic N) is 1. The lowest BCUT2D eigenvalue weighted by Gasteiger charge is -2.15. The molecule has 0 saturated carbocycles. The maximum atomic E-state index is 12.1. The molecular formula is C17H15ClN4O5. The van der Waals surface area contributed by atoms with Crippen LogP contribution >= 0.6 is 11.6 Å². The predicted octanol–water partition coefficient (Wildman–Crippen LogP) is 1.83. The summed E-state index contributed by atoms with van der Waals surface area (Å²) in [7, 11) is 0. The first kappa shape index (κ1) is 19.9. The van der Waals surface area contributed by atoms with Crippen molar-refractivity contribution >= 4 is 35.0 Å². The van der Waals surface area contributed by atoms with Gasteiger partial charge < -0.3 is 5.32 Å². The fraction of sp³-hybridized carbons (Fsp3) is 0.118. The van der Waals surface area contributed by atoms with Gasteiger partial charge in [0.25, 0.3) is 23.4 Å². The number of rotatable bonds is 5. The summed E-state index contributed by atoms with van der Waals surface area (Å²) in [4.78, 5) is 46.1. The first-order valence-electron chi connectivity index (χ1n) is 7.69. The zero-order valence-electron chi connectivity index (χ0n) is 14.1. The summed E-state index contributed by atoms with van der Waals surface area (Å²) in [5.41, 5.74) is 4.51. The Balaban J connectivity index is 1.89. The average Bonchev–Trinajstić information content (AvgIpc) is 2.66. The van der Waals surface area contributed by atoms with E-state index in [1.807, 2.05) is 0 Å². The van der Waals surface area contributed by atoms with Crippen molar-refractivity contribution in [1.29, 1.82) is 0 Å². The van der Waals surface area contributed by atoms with E-state index in [9.17, 15) is 24.5 Å². The summed E-state index contributed by atoms with van der Waals surface area (Å²) in [6.45, 7) is 1.43. The molecule has 0 heterocycles. The van der Waals surface area contributed by atoms with E-state index in [0.717, 1.165) is 0 Å². The molecule has 2 aromatic carbocycles. The number of hydrogen-bond donors (Lipinski definition) is 3. The summed E-state index contributed by atoms with van der Waals surface area (Å²) in [6.07, 6.45) is 0. The fourth-order valence-electron chi connectivity index (χ4n) is 2.02. The van der Waals surface area contributed by atoms with Crippen LogP contribution in [0.1, 0.15) is 27.6 Å². The molecule has 0 aliphatic heterocycles. The van der Waals surface area contributed by atoms with Crippen molar-refractivity contribution in [2.45, 2.75) is 13.0 Å². The number of hydrazine groups is 1. The Morgan fingerprint density at radius 1 is 1.00 bits per heavy atom. The van der Waals surface area contributed by atoms with Gasteiger partial charge >= 0.3 is 0 Å². The molecule has 140 valence electrons. The largest absolute Gasteiger partial charge is 0.340 e. The van der Waals surface area contributed by atoms with Crippen LogP contribution in [0.15, 0.2) is 48.5 Å². The van der Waals surface area contributed by atoms with Gasteiger partial charge in [0, 0.05) is 17.7 Å². The van der Waals surface area contributed by atoms with Crippen molar-refractivity contribution in [3.05, 3.63) is 74.8 Å². The quantitative estimate of drug-likeness (QED) is 0.529. The summed E-state index contributed by atoms with van der Waals surface area (Å²) >= 11 is 5.92. The number of nitrogens with one attached hydrogen (secondary N) is 3. The standard InChI is InChI=1S/C17H15ClN4O5/c1-10(19-17(25)13-4-2-3-5-14(13)18)15(23)20-21-16(24)11-6-8-12(9-7-11)22(26)27/h2-10H,1H3,(H,19,25)(H,20,23)(H,21,24)/t10-/m0/s1. The van der Waals surface area contributed by atoms with Crippen LogP contribution in [0.3, 0.4) is 0 Å². The second-order valence-electron chi connectivity index (χ2n) is 5.42. The third-order valence-corrected chi connectivity index (χ3v) is 3.83. The molecule has 0 radical (unpaired) electrons. The van der Waals surface area contributed by atoms with Crippen molar-refractivity contribution < 1.29 is 19.3 Å². The van der Waals surface area contributed by atoms with Gasteiger partial charge in [-0.25, -0.2) is 0 Å². The SMILES string of the molecule is C[C@H](NC(=O)c1ccccc1Cl)C(=O)NNC(=O)c1ccc([N+](=O)[O-])cc1. The van der Waals surface area contributed by atoms with Crippen LogP contribution in [0.2, 0.25) is 5.02 Å². The van der Waals surface area contributed by atoms with Crippen molar-refractivity contribution in [2.75, 3.05) is 0 Å². The highest BCUT2D eigenvalue weighted by Crippen LogP contribution is 2.14. The second kappa shape index (κ2) is 8.77. The molecule has 27 heavy (non-hydrogen) atoms. The number of amides is 3. The van der Waals surface area contributed by atoms with Gasteiger partial charge in [0.2, 0.25) is 0 Å². The lowest BCUT2D eigenvalue weighted by Crippen LogP contribution is -2.51. The summed E-state index contributed by atoms with van der Waals surface area (Å²) in [5, 5.41) is 13.3. The van der Waals surface area contributed by atoms with Gasteiger partial charge in [-0.2, -0.15) is 0 Å². The smallest absolute Gasteiger partial charge is 0.269 e. The number of benzene rings is 2. The summed E-state index contributed by atoms with van der Waals surface area (Å²) in [6, 6.07) is 10.3. The van der Waals surface area contributed by atoms with E-state index in [2.05, 4.69) is 16.2 Å². The number of hydrogen-bond acceptors (Lipinski definition) is 5. The molecule has 0 aromatic heterocycles. The number of halogens is 1. The Kier molecular flexibility index (Phi) is 6.45. The van der Waals surface area contributed by atoms with E-state index in [4.69, 9.17) is 11.6 Å². The minimum atomic E-state index is -0.953. The number of carbonyl (C=O) groups excluding carboxylic acids is 3. The van der Waals surface area contributed by atoms with Crippen LogP contribution in [0.4, 0.5) is 5.69 Å². The number of carbonyl (C=O) groups is 3. The molecule has 9 nitrogen and oxygen atoms in total. The Morgan fingerprint density at radius 3 is 2.22 bits per heavy atom. The minimum absolute atomic E-state index is 0.119. The number of nitro groups is 1. The maximum Gasteiger partial charge on any atom is 0.269 e. The molecular weight excluding hydrogens is 376 g/mol. The molecule has 0 unspecified atom stereocenters. The van der Waals surface area contributed by atoms with E-state index in [1.54, 1.807) is 18.2 Å². The van der Waals surface area contributed by atoms with Crippen molar-refractivity contribution in [3.8, 4) is 0 Å². The van der Waals surface area contributed by atoms with Gasteiger partial charge in [-0.05, 0) is 31.2 Å². The molecule has 2 aromatic rings. The normalized spacial score (nSPS) is 11.2. The molecule has 1 atom stereocenters. The minimum Gasteiger partial charge on any atom is -0.340 e. The zero-order chi connectivity index (χ0) is 20.0. The Morgan fingerprint density at radius 2 is 1.63 bits per heavy atom. The van der Waals surface area contributed by atoms with E-state index in [0.29, 0.717) is 0 Å². The van der Waals surface area contributed by atoms with Gasteiger partial charge in [-0.3, -0.25) is 35.3 Å². The molecule has 0 bridgehead atoms. The molecule has 0 saturated heterocycles. The lowest BCUT2D eigenvalue weighted by atomic mass is 10.2. The number of nitro benzene ring substituents is 1. The molecule has 0 spiro atoms. The highest BCUT2D eigenvalue weighted by molar-refractivity contribution is 6.33. The highest BCUT2D eigenvalue weighted by Gasteiger charge is 2.19. The summed E-state index contributed by atoms with van der Waals surface area (Å²) in [5.74, 6) is -1.86. The van der Waals surface area contributed by atoms with Crippen molar-refractivity contribution in [3.63, 3.8) is 0 Å². The van der Waals surface area contributed by atoms with Crippen LogP contribution in [0.25, 0.3) is 0 Å². The molecule has 2 rings (SSSR count). The second-order valence-corrected chi connectivity index (χ2v) is 5.83. The van der Waals surface area contributed by atoms with E-state index >= 15 is 0 Å². The average molecular weight is 391 g/mol. The lowest BCUT2D eigenvalue weighted by molar-refractivity contribution is -0.384. The van der Waals surface area contributed by atoms with Crippen molar-refractivity contribution in [1.82, 2.24) is 16.2 Å². The monoisotopic (exact) mass is 390 g/mol.